The molecule has 0 unspecified atom stereocenters. The summed E-state index contributed by atoms with van der Waals surface area (Å²) in [6.45, 7) is 0.226. The first-order valence-electron chi connectivity index (χ1n) is 9.16. The van der Waals surface area contributed by atoms with Crippen molar-refractivity contribution in [3.05, 3.63) is 84.4 Å². The van der Waals surface area contributed by atoms with E-state index in [1.165, 1.54) is 0 Å². The molecule has 0 aliphatic heterocycles. The molecule has 6 heteroatoms. The molecule has 3 aromatic carbocycles. The Hall–Kier alpha value is -3.80. The normalized spacial score (nSPS) is 10.1. The summed E-state index contributed by atoms with van der Waals surface area (Å²) in [7, 11) is 3.45. The summed E-state index contributed by atoms with van der Waals surface area (Å²) in [5, 5.41) is 5.67. The van der Waals surface area contributed by atoms with Crippen molar-refractivity contribution in [1.82, 2.24) is 0 Å². The van der Waals surface area contributed by atoms with Crippen LogP contribution in [0, 0.1) is 0 Å². The fourth-order valence-corrected chi connectivity index (χ4v) is 2.77. The van der Waals surface area contributed by atoms with E-state index in [2.05, 4.69) is 10.6 Å². The van der Waals surface area contributed by atoms with Crippen LogP contribution in [-0.2, 0) is 4.79 Å². The molecule has 0 bridgehead atoms. The van der Waals surface area contributed by atoms with Gasteiger partial charge in [-0.1, -0.05) is 18.2 Å². The molecule has 3 rings (SSSR count). The fraction of sp³-hybridized carbons (Fsp3) is 0.130. The Bertz CT molecular complexity index is 955. The minimum Gasteiger partial charge on any atom is -0.497 e. The van der Waals surface area contributed by atoms with Crippen molar-refractivity contribution in [2.24, 2.45) is 0 Å². The predicted molar refractivity (Wildman–Crippen MR) is 116 cm³/mol. The number of likely N-dealkylation sites (N-methyl/N-ethyl adjacent to an activating group) is 1. The molecule has 0 spiro atoms. The first-order chi connectivity index (χ1) is 14.0. The molecule has 0 atom stereocenters. The SMILES string of the molecule is COc1ccc(NC(=O)c2ccc(NC(=O)CN(C)c3ccccc3)cc2)cc1. The molecule has 6 nitrogen and oxygen atoms in total. The van der Waals surface area contributed by atoms with Crippen LogP contribution in [0.15, 0.2) is 78.9 Å². The third-order valence-electron chi connectivity index (χ3n) is 4.36. The minimum atomic E-state index is -0.225. The number of hydrogen-bond donors (Lipinski definition) is 2. The van der Waals surface area contributed by atoms with Crippen molar-refractivity contribution in [1.29, 1.82) is 0 Å². The van der Waals surface area contributed by atoms with E-state index in [4.69, 9.17) is 4.74 Å². The lowest BCUT2D eigenvalue weighted by Gasteiger charge is -2.18. The van der Waals surface area contributed by atoms with Gasteiger partial charge >= 0.3 is 0 Å². The lowest BCUT2D eigenvalue weighted by atomic mass is 10.2. The summed E-state index contributed by atoms with van der Waals surface area (Å²) in [5.74, 6) is 0.365. The summed E-state index contributed by atoms with van der Waals surface area (Å²) < 4.78 is 5.10. The molecule has 3 aromatic rings. The van der Waals surface area contributed by atoms with E-state index < -0.39 is 0 Å². The molecule has 0 saturated carbocycles. The van der Waals surface area contributed by atoms with Crippen LogP contribution in [0.5, 0.6) is 5.75 Å². The Labute approximate surface area is 170 Å². The van der Waals surface area contributed by atoms with Gasteiger partial charge in [-0.25, -0.2) is 0 Å². The maximum absolute atomic E-state index is 12.4. The van der Waals surface area contributed by atoms with Gasteiger partial charge in [0.2, 0.25) is 5.91 Å². The maximum Gasteiger partial charge on any atom is 0.255 e. The van der Waals surface area contributed by atoms with Gasteiger partial charge < -0.3 is 20.3 Å². The first-order valence-corrected chi connectivity index (χ1v) is 9.16. The van der Waals surface area contributed by atoms with Crippen molar-refractivity contribution in [3.8, 4) is 5.75 Å². The quantitative estimate of drug-likeness (QED) is 0.640. The second-order valence-corrected chi connectivity index (χ2v) is 6.50. The van der Waals surface area contributed by atoms with Crippen LogP contribution in [0.2, 0.25) is 0 Å². The number of para-hydroxylation sites is 1. The van der Waals surface area contributed by atoms with E-state index in [1.54, 1.807) is 55.6 Å². The molecule has 0 aliphatic rings. The van der Waals surface area contributed by atoms with Gasteiger partial charge in [-0.15, -0.1) is 0 Å². The number of methoxy groups -OCH3 is 1. The Morgan fingerprint density at radius 1 is 0.828 bits per heavy atom. The zero-order valence-electron chi connectivity index (χ0n) is 16.4. The average Bonchev–Trinajstić information content (AvgIpc) is 2.75. The highest BCUT2D eigenvalue weighted by atomic mass is 16.5. The van der Waals surface area contributed by atoms with E-state index in [0.29, 0.717) is 16.9 Å². The highest BCUT2D eigenvalue weighted by Gasteiger charge is 2.09. The third kappa shape index (κ3) is 5.59. The van der Waals surface area contributed by atoms with Gasteiger partial charge in [0.15, 0.2) is 0 Å². The molecule has 148 valence electrons. The highest BCUT2D eigenvalue weighted by Crippen LogP contribution is 2.17. The minimum absolute atomic E-state index is 0.133. The lowest BCUT2D eigenvalue weighted by Crippen LogP contribution is -2.30. The van der Waals surface area contributed by atoms with E-state index in [0.717, 1.165) is 11.4 Å². The van der Waals surface area contributed by atoms with Gasteiger partial charge in [-0.3, -0.25) is 9.59 Å². The molecular formula is C23H23N3O3. The van der Waals surface area contributed by atoms with Crippen molar-refractivity contribution >= 4 is 28.9 Å². The Kier molecular flexibility index (Phi) is 6.47. The van der Waals surface area contributed by atoms with Crippen LogP contribution in [0.4, 0.5) is 17.1 Å². The zero-order chi connectivity index (χ0) is 20.6. The van der Waals surface area contributed by atoms with Crippen molar-refractivity contribution < 1.29 is 14.3 Å². The first kappa shape index (κ1) is 19.9. The number of rotatable bonds is 7. The van der Waals surface area contributed by atoms with Crippen molar-refractivity contribution in [2.75, 3.05) is 36.2 Å². The van der Waals surface area contributed by atoms with Crippen LogP contribution < -0.4 is 20.3 Å². The number of nitrogens with zero attached hydrogens (tertiary/aromatic N) is 1. The molecule has 0 aliphatic carbocycles. The van der Waals surface area contributed by atoms with E-state index in [-0.39, 0.29) is 18.4 Å². The molecule has 0 radical (unpaired) electrons. The highest BCUT2D eigenvalue weighted by molar-refractivity contribution is 6.04. The van der Waals surface area contributed by atoms with Crippen LogP contribution in [0.1, 0.15) is 10.4 Å². The molecule has 0 aromatic heterocycles. The van der Waals surface area contributed by atoms with Gasteiger partial charge in [0.05, 0.1) is 13.7 Å². The second kappa shape index (κ2) is 9.41. The van der Waals surface area contributed by atoms with E-state index in [1.807, 2.05) is 42.3 Å². The number of ether oxygens (including phenoxy) is 1. The third-order valence-corrected chi connectivity index (χ3v) is 4.36. The number of benzene rings is 3. The molecule has 0 fully saturated rings. The van der Waals surface area contributed by atoms with E-state index in [9.17, 15) is 9.59 Å². The standard InChI is InChI=1S/C23H23N3O3/c1-26(20-6-4-3-5-7-20)16-22(27)24-18-10-8-17(9-11-18)23(28)25-19-12-14-21(29-2)15-13-19/h3-15H,16H2,1-2H3,(H,24,27)(H,25,28). The Morgan fingerprint density at radius 3 is 2.03 bits per heavy atom. The lowest BCUT2D eigenvalue weighted by molar-refractivity contribution is -0.114. The molecule has 0 saturated heterocycles. The van der Waals surface area contributed by atoms with Crippen molar-refractivity contribution in [2.45, 2.75) is 0 Å². The number of anilines is 3. The molecular weight excluding hydrogens is 366 g/mol. The number of carbonyl (C=O) groups is 2. The molecule has 29 heavy (non-hydrogen) atoms. The zero-order valence-corrected chi connectivity index (χ0v) is 16.4. The van der Waals surface area contributed by atoms with Crippen LogP contribution in [0.25, 0.3) is 0 Å². The summed E-state index contributed by atoms with van der Waals surface area (Å²) in [6.07, 6.45) is 0. The predicted octanol–water partition coefficient (Wildman–Crippen LogP) is 4.02. The monoisotopic (exact) mass is 389 g/mol. The molecule has 2 amide bonds. The van der Waals surface area contributed by atoms with Gasteiger partial charge in [0.1, 0.15) is 5.75 Å². The van der Waals surface area contributed by atoms with Gasteiger partial charge in [-0.05, 0) is 60.7 Å². The van der Waals surface area contributed by atoms with Crippen LogP contribution >= 0.6 is 0 Å². The summed E-state index contributed by atoms with van der Waals surface area (Å²) in [4.78, 5) is 26.5. The Balaban J connectivity index is 1.55. The van der Waals surface area contributed by atoms with E-state index >= 15 is 0 Å². The number of amides is 2. The van der Waals surface area contributed by atoms with Crippen LogP contribution in [0.3, 0.4) is 0 Å². The largest absolute Gasteiger partial charge is 0.497 e. The smallest absolute Gasteiger partial charge is 0.255 e. The van der Waals surface area contributed by atoms with Gasteiger partial charge in [-0.2, -0.15) is 0 Å². The number of carbonyl (C=O) groups excluding carboxylic acids is 2. The number of hydrogen-bond acceptors (Lipinski definition) is 4. The fourth-order valence-electron chi connectivity index (χ4n) is 2.77. The molecule has 2 N–H and O–H groups in total. The second-order valence-electron chi connectivity index (χ2n) is 6.50. The summed E-state index contributed by atoms with van der Waals surface area (Å²) >= 11 is 0. The van der Waals surface area contributed by atoms with Gasteiger partial charge in [0.25, 0.3) is 5.91 Å². The summed E-state index contributed by atoms with van der Waals surface area (Å²) in [6, 6.07) is 23.6. The average molecular weight is 389 g/mol. The topological polar surface area (TPSA) is 70.7 Å². The van der Waals surface area contributed by atoms with Gasteiger partial charge in [0, 0.05) is 29.7 Å². The number of nitrogens with one attached hydrogen (secondary N) is 2. The van der Waals surface area contributed by atoms with Crippen molar-refractivity contribution in [3.63, 3.8) is 0 Å². The summed E-state index contributed by atoms with van der Waals surface area (Å²) in [5.41, 5.74) is 2.78. The molecule has 0 heterocycles. The maximum atomic E-state index is 12.4. The Morgan fingerprint density at radius 2 is 1.41 bits per heavy atom. The van der Waals surface area contributed by atoms with Crippen LogP contribution in [-0.4, -0.2) is 32.5 Å².